The Morgan fingerprint density at radius 2 is 2.35 bits per heavy atom. The molecular formula is C12H20N4S. The Morgan fingerprint density at radius 1 is 1.53 bits per heavy atom. The fourth-order valence-electron chi connectivity index (χ4n) is 2.20. The van der Waals surface area contributed by atoms with Crippen LogP contribution in [0.5, 0.6) is 0 Å². The van der Waals surface area contributed by atoms with Gasteiger partial charge in [-0.15, -0.1) is 0 Å². The van der Waals surface area contributed by atoms with E-state index in [2.05, 4.69) is 40.1 Å². The molecule has 1 saturated heterocycles. The zero-order valence-electron chi connectivity index (χ0n) is 10.7. The van der Waals surface area contributed by atoms with Gasteiger partial charge in [0.1, 0.15) is 11.6 Å². The van der Waals surface area contributed by atoms with E-state index in [1.807, 2.05) is 6.26 Å². The SMILES string of the molecule is CCNc1cc(N2CCCC2C)nc(SC)n1. The van der Waals surface area contributed by atoms with Crippen LogP contribution in [0, 0.1) is 0 Å². The van der Waals surface area contributed by atoms with Crippen molar-refractivity contribution in [1.82, 2.24) is 9.97 Å². The Bertz CT molecular complexity index is 383. The highest BCUT2D eigenvalue weighted by molar-refractivity contribution is 7.98. The lowest BCUT2D eigenvalue weighted by molar-refractivity contribution is 0.720. The van der Waals surface area contributed by atoms with Crippen LogP contribution in [-0.4, -0.2) is 35.4 Å². The molecule has 0 spiro atoms. The summed E-state index contributed by atoms with van der Waals surface area (Å²) in [5, 5.41) is 4.11. The number of hydrogen-bond acceptors (Lipinski definition) is 5. The normalized spacial score (nSPS) is 19.7. The lowest BCUT2D eigenvalue weighted by Gasteiger charge is -2.23. The minimum absolute atomic E-state index is 0.592. The first-order valence-electron chi connectivity index (χ1n) is 6.18. The van der Waals surface area contributed by atoms with Crippen molar-refractivity contribution in [2.75, 3.05) is 29.6 Å². The molecule has 0 aliphatic carbocycles. The van der Waals surface area contributed by atoms with E-state index in [9.17, 15) is 0 Å². The summed E-state index contributed by atoms with van der Waals surface area (Å²) in [6, 6.07) is 2.65. The molecule has 2 heterocycles. The maximum atomic E-state index is 4.60. The van der Waals surface area contributed by atoms with Gasteiger partial charge in [-0.1, -0.05) is 11.8 Å². The van der Waals surface area contributed by atoms with E-state index in [4.69, 9.17) is 0 Å². The van der Waals surface area contributed by atoms with Gasteiger partial charge in [0.15, 0.2) is 5.16 Å². The Kier molecular flexibility index (Phi) is 4.10. The van der Waals surface area contributed by atoms with Crippen molar-refractivity contribution in [2.24, 2.45) is 0 Å². The highest BCUT2D eigenvalue weighted by atomic mass is 32.2. The smallest absolute Gasteiger partial charge is 0.191 e. The van der Waals surface area contributed by atoms with Gasteiger partial charge in [-0.05, 0) is 32.9 Å². The number of rotatable bonds is 4. The van der Waals surface area contributed by atoms with Gasteiger partial charge in [-0.25, -0.2) is 9.97 Å². The summed E-state index contributed by atoms with van der Waals surface area (Å²) in [6.07, 6.45) is 4.54. The molecule has 0 aromatic carbocycles. The van der Waals surface area contributed by atoms with Gasteiger partial charge in [0, 0.05) is 25.2 Å². The molecule has 0 bridgehead atoms. The second-order valence-corrected chi connectivity index (χ2v) is 5.09. The first-order valence-corrected chi connectivity index (χ1v) is 7.40. The average molecular weight is 252 g/mol. The molecule has 1 aliphatic heterocycles. The third-order valence-electron chi connectivity index (χ3n) is 3.08. The number of nitrogens with one attached hydrogen (secondary N) is 1. The maximum absolute atomic E-state index is 4.60. The molecule has 5 heteroatoms. The van der Waals surface area contributed by atoms with E-state index in [1.165, 1.54) is 12.8 Å². The topological polar surface area (TPSA) is 41.0 Å². The van der Waals surface area contributed by atoms with Crippen LogP contribution in [0.25, 0.3) is 0 Å². The average Bonchev–Trinajstić information content (AvgIpc) is 2.75. The Balaban J connectivity index is 2.28. The van der Waals surface area contributed by atoms with Crippen LogP contribution >= 0.6 is 11.8 Å². The number of anilines is 2. The minimum Gasteiger partial charge on any atom is -0.370 e. The lowest BCUT2D eigenvalue weighted by atomic mass is 10.2. The first kappa shape index (κ1) is 12.5. The van der Waals surface area contributed by atoms with Crippen molar-refractivity contribution < 1.29 is 0 Å². The minimum atomic E-state index is 0.592. The van der Waals surface area contributed by atoms with Crippen molar-refractivity contribution in [1.29, 1.82) is 0 Å². The van der Waals surface area contributed by atoms with E-state index in [1.54, 1.807) is 11.8 Å². The summed E-state index contributed by atoms with van der Waals surface area (Å²) in [5.74, 6) is 1.99. The quantitative estimate of drug-likeness (QED) is 0.659. The Hall–Kier alpha value is -0.970. The van der Waals surface area contributed by atoms with Gasteiger partial charge in [-0.2, -0.15) is 0 Å². The van der Waals surface area contributed by atoms with Crippen LogP contribution in [0.1, 0.15) is 26.7 Å². The zero-order valence-corrected chi connectivity index (χ0v) is 11.5. The van der Waals surface area contributed by atoms with Gasteiger partial charge in [-0.3, -0.25) is 0 Å². The lowest BCUT2D eigenvalue weighted by Crippen LogP contribution is -2.27. The molecule has 1 aromatic heterocycles. The van der Waals surface area contributed by atoms with Crippen LogP contribution in [-0.2, 0) is 0 Å². The zero-order chi connectivity index (χ0) is 12.3. The second kappa shape index (κ2) is 5.58. The third kappa shape index (κ3) is 2.83. The van der Waals surface area contributed by atoms with Gasteiger partial charge in [0.05, 0.1) is 0 Å². The molecule has 0 saturated carbocycles. The second-order valence-electron chi connectivity index (χ2n) is 4.31. The molecule has 94 valence electrons. The summed E-state index contributed by atoms with van der Waals surface area (Å²) in [4.78, 5) is 11.4. The molecule has 1 N–H and O–H groups in total. The van der Waals surface area contributed by atoms with E-state index in [0.29, 0.717) is 6.04 Å². The Morgan fingerprint density at radius 3 is 2.94 bits per heavy atom. The van der Waals surface area contributed by atoms with E-state index in [0.717, 1.165) is 29.9 Å². The predicted molar refractivity (Wildman–Crippen MR) is 74.0 cm³/mol. The van der Waals surface area contributed by atoms with Gasteiger partial charge < -0.3 is 10.2 Å². The number of hydrogen-bond donors (Lipinski definition) is 1. The van der Waals surface area contributed by atoms with E-state index < -0.39 is 0 Å². The van der Waals surface area contributed by atoms with E-state index in [-0.39, 0.29) is 0 Å². The third-order valence-corrected chi connectivity index (χ3v) is 3.63. The molecule has 1 aliphatic rings. The highest BCUT2D eigenvalue weighted by Gasteiger charge is 2.22. The van der Waals surface area contributed by atoms with Crippen molar-refractivity contribution >= 4 is 23.4 Å². The summed E-state index contributed by atoms with van der Waals surface area (Å²) >= 11 is 1.59. The summed E-state index contributed by atoms with van der Waals surface area (Å²) < 4.78 is 0. The Labute approximate surface area is 107 Å². The van der Waals surface area contributed by atoms with Crippen molar-refractivity contribution in [3.63, 3.8) is 0 Å². The number of thioether (sulfide) groups is 1. The molecule has 1 fully saturated rings. The van der Waals surface area contributed by atoms with Crippen molar-refractivity contribution in [3.05, 3.63) is 6.07 Å². The van der Waals surface area contributed by atoms with Crippen LogP contribution in [0.15, 0.2) is 11.2 Å². The fraction of sp³-hybridized carbons (Fsp3) is 0.667. The highest BCUT2D eigenvalue weighted by Crippen LogP contribution is 2.26. The molecule has 0 amide bonds. The maximum Gasteiger partial charge on any atom is 0.191 e. The first-order chi connectivity index (χ1) is 8.24. The van der Waals surface area contributed by atoms with Gasteiger partial charge in [0.25, 0.3) is 0 Å². The molecule has 17 heavy (non-hydrogen) atoms. The van der Waals surface area contributed by atoms with Crippen LogP contribution in [0.4, 0.5) is 11.6 Å². The monoisotopic (exact) mass is 252 g/mol. The van der Waals surface area contributed by atoms with E-state index >= 15 is 0 Å². The molecular weight excluding hydrogens is 232 g/mol. The van der Waals surface area contributed by atoms with Crippen LogP contribution in [0.3, 0.4) is 0 Å². The standard InChI is InChI=1S/C12H20N4S/c1-4-13-10-8-11(15-12(14-10)17-3)16-7-5-6-9(16)2/h8-9H,4-7H2,1-3H3,(H,13,14,15). The van der Waals surface area contributed by atoms with Crippen LogP contribution < -0.4 is 10.2 Å². The van der Waals surface area contributed by atoms with Gasteiger partial charge >= 0.3 is 0 Å². The van der Waals surface area contributed by atoms with Crippen LogP contribution in [0.2, 0.25) is 0 Å². The van der Waals surface area contributed by atoms with Crippen molar-refractivity contribution in [3.8, 4) is 0 Å². The summed E-state index contributed by atoms with van der Waals surface area (Å²) in [7, 11) is 0. The largest absolute Gasteiger partial charge is 0.370 e. The molecule has 1 unspecified atom stereocenters. The summed E-state index contributed by atoms with van der Waals surface area (Å²) in [6.45, 7) is 6.34. The fourth-order valence-corrected chi connectivity index (χ4v) is 2.57. The molecule has 0 radical (unpaired) electrons. The molecule has 1 atom stereocenters. The summed E-state index contributed by atoms with van der Waals surface area (Å²) in [5.41, 5.74) is 0. The molecule has 1 aromatic rings. The van der Waals surface area contributed by atoms with Crippen molar-refractivity contribution in [2.45, 2.75) is 37.9 Å². The predicted octanol–water partition coefficient (Wildman–Crippen LogP) is 2.62. The molecule has 2 rings (SSSR count). The number of nitrogens with zero attached hydrogens (tertiary/aromatic N) is 3. The number of aromatic nitrogens is 2. The molecule has 4 nitrogen and oxygen atoms in total. The van der Waals surface area contributed by atoms with Gasteiger partial charge in [0.2, 0.25) is 0 Å².